The quantitative estimate of drug-likeness (QED) is 0.805. The van der Waals surface area contributed by atoms with Gasteiger partial charge in [0, 0.05) is 11.1 Å². The van der Waals surface area contributed by atoms with E-state index in [1.165, 1.54) is 25.3 Å². The van der Waals surface area contributed by atoms with Gasteiger partial charge in [-0.25, -0.2) is 4.39 Å². The Kier molecular flexibility index (Phi) is 3.24. The Morgan fingerprint density at radius 3 is 2.60 bits per heavy atom. The molecule has 2 aromatic rings. The third-order valence-electron chi connectivity index (χ3n) is 3.40. The normalized spacial score (nSPS) is 13.1. The van der Waals surface area contributed by atoms with Gasteiger partial charge in [0.05, 0.1) is 20.3 Å². The van der Waals surface area contributed by atoms with Gasteiger partial charge in [-0.1, -0.05) is 12.1 Å². The van der Waals surface area contributed by atoms with Crippen LogP contribution < -0.4 is 4.74 Å². The molecule has 3 nitrogen and oxygen atoms in total. The van der Waals surface area contributed by atoms with Crippen molar-refractivity contribution in [2.24, 2.45) is 0 Å². The minimum Gasteiger partial charge on any atom is -0.494 e. The van der Waals surface area contributed by atoms with Crippen LogP contribution in [0.1, 0.15) is 27.0 Å². The molecule has 0 spiro atoms. The molecule has 0 N–H and O–H groups in total. The summed E-state index contributed by atoms with van der Waals surface area (Å²) in [5, 5.41) is 0. The van der Waals surface area contributed by atoms with Crippen molar-refractivity contribution in [1.82, 2.24) is 0 Å². The van der Waals surface area contributed by atoms with Crippen molar-refractivity contribution in [2.45, 2.75) is 13.2 Å². The molecule has 102 valence electrons. The van der Waals surface area contributed by atoms with Gasteiger partial charge in [0.2, 0.25) is 0 Å². The van der Waals surface area contributed by atoms with Gasteiger partial charge >= 0.3 is 0 Å². The van der Waals surface area contributed by atoms with E-state index in [-0.39, 0.29) is 11.5 Å². The second kappa shape index (κ2) is 5.06. The summed E-state index contributed by atoms with van der Waals surface area (Å²) >= 11 is 0. The van der Waals surface area contributed by atoms with Crippen molar-refractivity contribution in [1.29, 1.82) is 0 Å². The van der Waals surface area contributed by atoms with Crippen LogP contribution in [0.2, 0.25) is 0 Å². The zero-order valence-corrected chi connectivity index (χ0v) is 11.0. The number of benzene rings is 2. The lowest BCUT2D eigenvalue weighted by atomic mass is 9.99. The van der Waals surface area contributed by atoms with Crippen molar-refractivity contribution < 1.29 is 18.7 Å². The van der Waals surface area contributed by atoms with Crippen LogP contribution in [0, 0.1) is 5.82 Å². The number of methoxy groups -OCH3 is 1. The van der Waals surface area contributed by atoms with Crippen LogP contribution in [0.15, 0.2) is 36.4 Å². The van der Waals surface area contributed by atoms with Crippen LogP contribution in [0.25, 0.3) is 0 Å². The fourth-order valence-electron chi connectivity index (χ4n) is 2.28. The summed E-state index contributed by atoms with van der Waals surface area (Å²) in [5.41, 5.74) is 3.12. The second-order valence-corrected chi connectivity index (χ2v) is 4.65. The van der Waals surface area contributed by atoms with E-state index in [2.05, 4.69) is 0 Å². The highest BCUT2D eigenvalue weighted by Gasteiger charge is 2.16. The Morgan fingerprint density at radius 1 is 1.10 bits per heavy atom. The highest BCUT2D eigenvalue weighted by molar-refractivity contribution is 6.09. The second-order valence-electron chi connectivity index (χ2n) is 4.65. The summed E-state index contributed by atoms with van der Waals surface area (Å²) in [5.74, 6) is -0.565. The Balaban J connectivity index is 1.96. The van der Waals surface area contributed by atoms with E-state index in [1.54, 1.807) is 6.07 Å². The number of ether oxygens (including phenoxy) is 2. The van der Waals surface area contributed by atoms with Crippen molar-refractivity contribution in [2.75, 3.05) is 7.11 Å². The average molecular weight is 272 g/mol. The van der Waals surface area contributed by atoms with E-state index in [0.717, 1.165) is 11.1 Å². The first-order valence-electron chi connectivity index (χ1n) is 6.27. The first-order valence-corrected chi connectivity index (χ1v) is 6.27. The highest BCUT2D eigenvalue weighted by Crippen LogP contribution is 2.24. The standard InChI is InChI=1S/C16H13FO3/c1-19-15-7-11(4-5-14(15)17)16(18)10-2-3-12-8-20-9-13(12)6-10/h2-7H,8-9H2,1H3. The van der Waals surface area contributed by atoms with Crippen LogP contribution in [0.4, 0.5) is 4.39 Å². The zero-order valence-electron chi connectivity index (χ0n) is 11.0. The van der Waals surface area contributed by atoms with Crippen molar-refractivity contribution in [3.8, 4) is 5.75 Å². The van der Waals surface area contributed by atoms with Crippen molar-refractivity contribution in [3.63, 3.8) is 0 Å². The predicted molar refractivity (Wildman–Crippen MR) is 71.3 cm³/mol. The monoisotopic (exact) mass is 272 g/mol. The molecule has 0 fully saturated rings. The summed E-state index contributed by atoms with van der Waals surface area (Å²) in [6.45, 7) is 1.12. The number of rotatable bonds is 3. The first kappa shape index (κ1) is 12.8. The van der Waals surface area contributed by atoms with Gasteiger partial charge in [-0.2, -0.15) is 0 Å². The molecule has 0 radical (unpaired) electrons. The number of fused-ring (bicyclic) bond motifs is 1. The van der Waals surface area contributed by atoms with Crippen LogP contribution >= 0.6 is 0 Å². The summed E-state index contributed by atoms with van der Waals surface area (Å²) in [6, 6.07) is 9.62. The molecule has 0 saturated heterocycles. The van der Waals surface area contributed by atoms with E-state index in [4.69, 9.17) is 9.47 Å². The molecule has 1 heterocycles. The van der Waals surface area contributed by atoms with Crippen molar-refractivity contribution >= 4 is 5.78 Å². The smallest absolute Gasteiger partial charge is 0.193 e. The summed E-state index contributed by atoms with van der Waals surface area (Å²) in [7, 11) is 1.37. The average Bonchev–Trinajstić information content (AvgIpc) is 2.94. The molecule has 0 bridgehead atoms. The number of carbonyl (C=O) groups is 1. The molecule has 1 aliphatic heterocycles. The predicted octanol–water partition coefficient (Wildman–Crippen LogP) is 3.10. The number of carbonyl (C=O) groups excluding carboxylic acids is 1. The molecule has 0 aromatic heterocycles. The SMILES string of the molecule is COc1cc(C(=O)c2ccc3c(c2)COC3)ccc1F. The van der Waals surface area contributed by atoms with E-state index >= 15 is 0 Å². The molecule has 1 aliphatic rings. The maximum absolute atomic E-state index is 13.4. The van der Waals surface area contributed by atoms with Gasteiger partial charge in [-0.3, -0.25) is 4.79 Å². The summed E-state index contributed by atoms with van der Waals surface area (Å²) in [6.07, 6.45) is 0. The van der Waals surface area contributed by atoms with E-state index in [1.807, 2.05) is 12.1 Å². The van der Waals surface area contributed by atoms with Gasteiger partial charge in [0.15, 0.2) is 17.3 Å². The van der Waals surface area contributed by atoms with Crippen molar-refractivity contribution in [3.05, 3.63) is 64.5 Å². The maximum atomic E-state index is 13.4. The Bertz CT molecular complexity index is 666. The zero-order chi connectivity index (χ0) is 14.1. The fourth-order valence-corrected chi connectivity index (χ4v) is 2.28. The molecule has 2 aromatic carbocycles. The molecular formula is C16H13FO3. The molecule has 0 unspecified atom stereocenters. The third-order valence-corrected chi connectivity index (χ3v) is 3.40. The molecule has 0 amide bonds. The fraction of sp³-hybridized carbons (Fsp3) is 0.188. The first-order chi connectivity index (χ1) is 9.69. The number of halogens is 1. The van der Waals surface area contributed by atoms with Gasteiger partial charge in [-0.15, -0.1) is 0 Å². The molecule has 0 saturated carbocycles. The molecule has 20 heavy (non-hydrogen) atoms. The summed E-state index contributed by atoms with van der Waals surface area (Å²) in [4.78, 5) is 12.4. The lowest BCUT2D eigenvalue weighted by Crippen LogP contribution is -2.03. The minimum absolute atomic E-state index is 0.0698. The molecule has 0 atom stereocenters. The van der Waals surface area contributed by atoms with Crippen LogP contribution in [0.3, 0.4) is 0 Å². The molecular weight excluding hydrogens is 259 g/mol. The minimum atomic E-state index is -0.480. The molecule has 3 rings (SSSR count). The largest absolute Gasteiger partial charge is 0.494 e. The van der Waals surface area contributed by atoms with Crippen LogP contribution in [0.5, 0.6) is 5.75 Å². The number of hydrogen-bond donors (Lipinski definition) is 0. The van der Waals surface area contributed by atoms with Gasteiger partial charge in [0.1, 0.15) is 0 Å². The number of ketones is 1. The lowest BCUT2D eigenvalue weighted by Gasteiger charge is -2.06. The van der Waals surface area contributed by atoms with E-state index < -0.39 is 5.82 Å². The third kappa shape index (κ3) is 2.18. The Hall–Kier alpha value is -2.20. The van der Waals surface area contributed by atoms with E-state index in [9.17, 15) is 9.18 Å². The topological polar surface area (TPSA) is 35.5 Å². The maximum Gasteiger partial charge on any atom is 0.193 e. The Labute approximate surface area is 115 Å². The summed E-state index contributed by atoms with van der Waals surface area (Å²) < 4.78 is 23.6. The van der Waals surface area contributed by atoms with Gasteiger partial charge in [0.25, 0.3) is 0 Å². The highest BCUT2D eigenvalue weighted by atomic mass is 19.1. The molecule has 0 aliphatic carbocycles. The van der Waals surface area contributed by atoms with Gasteiger partial charge < -0.3 is 9.47 Å². The van der Waals surface area contributed by atoms with E-state index in [0.29, 0.717) is 24.3 Å². The number of hydrogen-bond acceptors (Lipinski definition) is 3. The van der Waals surface area contributed by atoms with Gasteiger partial charge in [-0.05, 0) is 35.4 Å². The Morgan fingerprint density at radius 2 is 1.80 bits per heavy atom. The van der Waals surface area contributed by atoms with Crippen LogP contribution in [-0.4, -0.2) is 12.9 Å². The molecule has 4 heteroatoms. The van der Waals surface area contributed by atoms with Crippen LogP contribution in [-0.2, 0) is 18.0 Å². The lowest BCUT2D eigenvalue weighted by molar-refractivity contribution is 0.103.